The Morgan fingerprint density at radius 1 is 1.25 bits per heavy atom. The minimum Gasteiger partial charge on any atom is -0.497 e. The molecule has 3 nitrogen and oxygen atoms in total. The molecule has 1 atom stereocenters. The first kappa shape index (κ1) is 15.2. The Bertz CT molecular complexity index is 561. The van der Waals surface area contributed by atoms with Crippen LogP contribution in [-0.4, -0.2) is 12.1 Å². The Hall–Kier alpha value is -1.19. The standard InChI is InChI=1S/C16H22N2O.ClH/c1-19-12-7-8-15-13(9-12)14(10-18-15)16(17)11-5-3-2-4-6-11;/h7-11,16,18H,2-6,17H2,1H3;1H/t16-;/m0./s1. The molecule has 0 spiro atoms. The predicted molar refractivity (Wildman–Crippen MR) is 85.6 cm³/mol. The fraction of sp³-hybridized carbons (Fsp3) is 0.500. The summed E-state index contributed by atoms with van der Waals surface area (Å²) in [6.07, 6.45) is 8.61. The van der Waals surface area contributed by atoms with Gasteiger partial charge in [-0.25, -0.2) is 0 Å². The predicted octanol–water partition coefficient (Wildman–Crippen LogP) is 4.18. The smallest absolute Gasteiger partial charge is 0.119 e. The summed E-state index contributed by atoms with van der Waals surface area (Å²) in [6.45, 7) is 0. The van der Waals surface area contributed by atoms with Crippen molar-refractivity contribution in [1.29, 1.82) is 0 Å². The number of benzene rings is 1. The number of fused-ring (bicyclic) bond motifs is 1. The lowest BCUT2D eigenvalue weighted by molar-refractivity contribution is 0.309. The number of nitrogens with one attached hydrogen (secondary N) is 1. The van der Waals surface area contributed by atoms with E-state index in [0.29, 0.717) is 5.92 Å². The van der Waals surface area contributed by atoms with Crippen LogP contribution >= 0.6 is 12.4 Å². The van der Waals surface area contributed by atoms with E-state index < -0.39 is 0 Å². The fourth-order valence-corrected chi connectivity index (χ4v) is 3.27. The van der Waals surface area contributed by atoms with Gasteiger partial charge in [0.15, 0.2) is 0 Å². The van der Waals surface area contributed by atoms with Crippen LogP contribution < -0.4 is 10.5 Å². The average Bonchev–Trinajstić information content (AvgIpc) is 2.90. The second kappa shape index (κ2) is 6.51. The van der Waals surface area contributed by atoms with Gasteiger partial charge in [-0.2, -0.15) is 0 Å². The molecule has 1 aromatic carbocycles. The minimum absolute atomic E-state index is 0. The van der Waals surface area contributed by atoms with E-state index in [1.54, 1.807) is 7.11 Å². The van der Waals surface area contributed by atoms with Crippen LogP contribution in [0.2, 0.25) is 0 Å². The zero-order valence-electron chi connectivity index (χ0n) is 11.9. The normalized spacial score (nSPS) is 17.7. The van der Waals surface area contributed by atoms with Crippen LogP contribution in [0, 0.1) is 5.92 Å². The topological polar surface area (TPSA) is 51.0 Å². The molecule has 4 heteroatoms. The highest BCUT2D eigenvalue weighted by atomic mass is 35.5. The van der Waals surface area contributed by atoms with Gasteiger partial charge >= 0.3 is 0 Å². The monoisotopic (exact) mass is 294 g/mol. The number of hydrogen-bond acceptors (Lipinski definition) is 2. The number of aromatic amines is 1. The first-order valence-corrected chi connectivity index (χ1v) is 7.20. The Labute approximate surface area is 126 Å². The van der Waals surface area contributed by atoms with Gasteiger partial charge < -0.3 is 15.5 Å². The van der Waals surface area contributed by atoms with Crippen molar-refractivity contribution in [3.05, 3.63) is 30.0 Å². The molecule has 1 aliphatic rings. The highest BCUT2D eigenvalue weighted by molar-refractivity contribution is 5.85. The lowest BCUT2D eigenvalue weighted by Gasteiger charge is -2.27. The van der Waals surface area contributed by atoms with Crippen LogP contribution in [0.15, 0.2) is 24.4 Å². The van der Waals surface area contributed by atoms with Crippen LogP contribution in [-0.2, 0) is 0 Å². The molecule has 0 amide bonds. The number of halogens is 1. The van der Waals surface area contributed by atoms with Crippen molar-refractivity contribution in [3.63, 3.8) is 0 Å². The van der Waals surface area contributed by atoms with Crippen LogP contribution in [0.25, 0.3) is 10.9 Å². The second-order valence-corrected chi connectivity index (χ2v) is 5.58. The van der Waals surface area contributed by atoms with Crippen molar-refractivity contribution in [1.82, 2.24) is 4.98 Å². The van der Waals surface area contributed by atoms with E-state index in [1.807, 2.05) is 6.07 Å². The summed E-state index contributed by atoms with van der Waals surface area (Å²) in [5, 5.41) is 1.21. The van der Waals surface area contributed by atoms with Gasteiger partial charge in [-0.05, 0) is 42.5 Å². The van der Waals surface area contributed by atoms with Gasteiger partial charge in [0.1, 0.15) is 5.75 Å². The second-order valence-electron chi connectivity index (χ2n) is 5.58. The number of hydrogen-bond donors (Lipinski definition) is 2. The Kier molecular flexibility index (Phi) is 4.95. The zero-order valence-corrected chi connectivity index (χ0v) is 12.7. The van der Waals surface area contributed by atoms with E-state index in [2.05, 4.69) is 23.3 Å². The molecule has 1 heterocycles. The van der Waals surface area contributed by atoms with Crippen molar-refractivity contribution in [2.24, 2.45) is 11.7 Å². The molecule has 0 saturated heterocycles. The number of H-pyrrole nitrogens is 1. The Morgan fingerprint density at radius 3 is 2.70 bits per heavy atom. The molecule has 1 aliphatic carbocycles. The van der Waals surface area contributed by atoms with Crippen molar-refractivity contribution in [2.45, 2.75) is 38.1 Å². The summed E-state index contributed by atoms with van der Waals surface area (Å²) in [5.74, 6) is 1.52. The van der Waals surface area contributed by atoms with Gasteiger partial charge in [0.2, 0.25) is 0 Å². The van der Waals surface area contributed by atoms with Crippen LogP contribution in [0.5, 0.6) is 5.75 Å². The van der Waals surface area contributed by atoms with Gasteiger partial charge in [-0.1, -0.05) is 19.3 Å². The minimum atomic E-state index is 0. The molecule has 1 fully saturated rings. The van der Waals surface area contributed by atoms with Crippen LogP contribution in [0.3, 0.4) is 0 Å². The number of ether oxygens (including phenoxy) is 1. The van der Waals surface area contributed by atoms with E-state index in [-0.39, 0.29) is 18.4 Å². The van der Waals surface area contributed by atoms with Gasteiger partial charge in [-0.15, -0.1) is 12.4 Å². The molecular weight excluding hydrogens is 272 g/mol. The van der Waals surface area contributed by atoms with Crippen molar-refractivity contribution < 1.29 is 4.74 Å². The van der Waals surface area contributed by atoms with E-state index in [4.69, 9.17) is 10.5 Å². The summed E-state index contributed by atoms with van der Waals surface area (Å²) >= 11 is 0. The van der Waals surface area contributed by atoms with Gasteiger partial charge in [-0.3, -0.25) is 0 Å². The molecular formula is C16H23ClN2O. The number of methoxy groups -OCH3 is 1. The third-order valence-corrected chi connectivity index (χ3v) is 4.44. The highest BCUT2D eigenvalue weighted by Crippen LogP contribution is 2.36. The first-order valence-electron chi connectivity index (χ1n) is 7.20. The maximum absolute atomic E-state index is 6.51. The summed E-state index contributed by atoms with van der Waals surface area (Å²) in [5.41, 5.74) is 8.89. The van der Waals surface area contributed by atoms with Crippen LogP contribution in [0.4, 0.5) is 0 Å². The van der Waals surface area contributed by atoms with Crippen molar-refractivity contribution in [2.75, 3.05) is 7.11 Å². The largest absolute Gasteiger partial charge is 0.497 e. The molecule has 0 aliphatic heterocycles. The van der Waals surface area contributed by atoms with E-state index in [0.717, 1.165) is 11.3 Å². The molecule has 0 radical (unpaired) electrons. The van der Waals surface area contributed by atoms with Gasteiger partial charge in [0.05, 0.1) is 7.11 Å². The Balaban J connectivity index is 0.00000147. The van der Waals surface area contributed by atoms with Gasteiger partial charge in [0.25, 0.3) is 0 Å². The number of rotatable bonds is 3. The quantitative estimate of drug-likeness (QED) is 0.892. The average molecular weight is 295 g/mol. The third-order valence-electron chi connectivity index (χ3n) is 4.44. The van der Waals surface area contributed by atoms with E-state index in [9.17, 15) is 0 Å². The molecule has 1 saturated carbocycles. The summed E-state index contributed by atoms with van der Waals surface area (Å²) < 4.78 is 5.32. The molecule has 0 bridgehead atoms. The van der Waals surface area contributed by atoms with Crippen molar-refractivity contribution >= 4 is 23.3 Å². The van der Waals surface area contributed by atoms with Gasteiger partial charge in [0, 0.05) is 23.1 Å². The number of aromatic nitrogens is 1. The molecule has 20 heavy (non-hydrogen) atoms. The number of nitrogens with two attached hydrogens (primary N) is 1. The van der Waals surface area contributed by atoms with Crippen molar-refractivity contribution in [3.8, 4) is 5.75 Å². The lowest BCUT2D eigenvalue weighted by Crippen LogP contribution is -2.23. The zero-order chi connectivity index (χ0) is 13.2. The maximum Gasteiger partial charge on any atom is 0.119 e. The van der Waals surface area contributed by atoms with Crippen LogP contribution in [0.1, 0.15) is 43.7 Å². The van der Waals surface area contributed by atoms with E-state index in [1.165, 1.54) is 43.1 Å². The molecule has 3 rings (SSSR count). The molecule has 3 N–H and O–H groups in total. The summed E-state index contributed by atoms with van der Waals surface area (Å²) in [7, 11) is 1.70. The lowest BCUT2D eigenvalue weighted by atomic mass is 9.81. The third kappa shape index (κ3) is 2.79. The molecule has 0 unspecified atom stereocenters. The molecule has 110 valence electrons. The SMILES string of the molecule is COc1ccc2[nH]cc([C@@H](N)C3CCCCC3)c2c1.Cl. The maximum atomic E-state index is 6.51. The van der Waals surface area contributed by atoms with E-state index >= 15 is 0 Å². The molecule has 2 aromatic rings. The summed E-state index contributed by atoms with van der Waals surface area (Å²) in [4.78, 5) is 3.32. The highest BCUT2D eigenvalue weighted by Gasteiger charge is 2.23. The molecule has 1 aromatic heterocycles. The fourth-order valence-electron chi connectivity index (χ4n) is 3.27. The first-order chi connectivity index (χ1) is 9.29. The summed E-state index contributed by atoms with van der Waals surface area (Å²) in [6, 6.07) is 6.27. The Morgan fingerprint density at radius 2 is 2.00 bits per heavy atom.